The van der Waals surface area contributed by atoms with Gasteiger partial charge >= 0.3 is 0 Å². The Balaban J connectivity index is 1.42. The second kappa shape index (κ2) is 11.0. The van der Waals surface area contributed by atoms with Crippen molar-refractivity contribution in [1.29, 1.82) is 0 Å². The first kappa shape index (κ1) is 22.1. The summed E-state index contributed by atoms with van der Waals surface area (Å²) in [5, 5.41) is 15.1. The van der Waals surface area contributed by atoms with Gasteiger partial charge in [-0.1, -0.05) is 31.0 Å². The van der Waals surface area contributed by atoms with Gasteiger partial charge in [0.05, 0.1) is 12.9 Å². The Morgan fingerprint density at radius 2 is 1.90 bits per heavy atom. The average molecular weight is 432 g/mol. The Labute approximate surface area is 181 Å². The SMILES string of the molecule is COc1ccc(C(=O)NCCc2nnc(SCC(=O)NC3CCCCC3)n2C)cc1. The fourth-order valence-corrected chi connectivity index (χ4v) is 4.21. The van der Waals surface area contributed by atoms with E-state index in [0.717, 1.165) is 18.7 Å². The van der Waals surface area contributed by atoms with E-state index < -0.39 is 0 Å². The maximum Gasteiger partial charge on any atom is 0.251 e. The fourth-order valence-electron chi connectivity index (χ4n) is 3.47. The largest absolute Gasteiger partial charge is 0.497 e. The number of amides is 2. The summed E-state index contributed by atoms with van der Waals surface area (Å²) in [6.45, 7) is 0.448. The van der Waals surface area contributed by atoms with Crippen molar-refractivity contribution in [2.45, 2.75) is 49.7 Å². The second-order valence-corrected chi connectivity index (χ2v) is 8.33. The zero-order valence-corrected chi connectivity index (χ0v) is 18.3. The monoisotopic (exact) mass is 431 g/mol. The number of carbonyl (C=O) groups is 2. The summed E-state index contributed by atoms with van der Waals surface area (Å²) in [5.74, 6) is 1.71. The van der Waals surface area contributed by atoms with E-state index in [1.54, 1.807) is 31.4 Å². The maximum atomic E-state index is 12.2. The van der Waals surface area contributed by atoms with E-state index in [0.29, 0.717) is 41.2 Å². The predicted octanol–water partition coefficient (Wildman–Crippen LogP) is 2.34. The Bertz CT molecular complexity index is 847. The highest BCUT2D eigenvalue weighted by Gasteiger charge is 2.17. The number of rotatable bonds is 9. The van der Waals surface area contributed by atoms with Crippen LogP contribution in [0.2, 0.25) is 0 Å². The number of benzene rings is 1. The van der Waals surface area contributed by atoms with Crippen LogP contribution < -0.4 is 15.4 Å². The Kier molecular flexibility index (Phi) is 8.12. The number of carbonyl (C=O) groups excluding carboxylic acids is 2. The number of methoxy groups -OCH3 is 1. The number of nitrogens with zero attached hydrogens (tertiary/aromatic N) is 3. The first-order valence-electron chi connectivity index (χ1n) is 10.3. The van der Waals surface area contributed by atoms with E-state index in [9.17, 15) is 9.59 Å². The fraction of sp³-hybridized carbons (Fsp3) is 0.524. The highest BCUT2D eigenvalue weighted by molar-refractivity contribution is 7.99. The molecule has 0 atom stereocenters. The lowest BCUT2D eigenvalue weighted by Crippen LogP contribution is -2.37. The van der Waals surface area contributed by atoms with Crippen molar-refractivity contribution in [3.63, 3.8) is 0 Å². The van der Waals surface area contributed by atoms with Crippen molar-refractivity contribution in [1.82, 2.24) is 25.4 Å². The number of hydrogen-bond donors (Lipinski definition) is 2. The molecule has 2 aromatic rings. The van der Waals surface area contributed by atoms with E-state index >= 15 is 0 Å². The van der Waals surface area contributed by atoms with Crippen LogP contribution in [0.3, 0.4) is 0 Å². The zero-order valence-electron chi connectivity index (χ0n) is 17.5. The standard InChI is InChI=1S/C21H29N5O3S/c1-26-18(12-13-22-20(28)15-8-10-17(29-2)11-9-15)24-25-21(26)30-14-19(27)23-16-6-4-3-5-7-16/h8-11,16H,3-7,12-14H2,1-2H3,(H,22,28)(H,23,27). The van der Waals surface area contributed by atoms with E-state index in [1.165, 1.54) is 31.0 Å². The molecule has 0 unspecified atom stereocenters. The van der Waals surface area contributed by atoms with Crippen LogP contribution in [-0.2, 0) is 18.3 Å². The number of aromatic nitrogens is 3. The van der Waals surface area contributed by atoms with Crippen molar-refractivity contribution < 1.29 is 14.3 Å². The first-order valence-corrected chi connectivity index (χ1v) is 11.3. The quantitative estimate of drug-likeness (QED) is 0.592. The topological polar surface area (TPSA) is 98.1 Å². The van der Waals surface area contributed by atoms with Gasteiger partial charge in [0.15, 0.2) is 5.16 Å². The molecule has 0 saturated heterocycles. The molecule has 2 N–H and O–H groups in total. The van der Waals surface area contributed by atoms with Crippen molar-refractivity contribution >= 4 is 23.6 Å². The summed E-state index contributed by atoms with van der Waals surface area (Å²) in [7, 11) is 3.47. The van der Waals surface area contributed by atoms with Gasteiger partial charge in [0, 0.05) is 31.6 Å². The molecule has 30 heavy (non-hydrogen) atoms. The zero-order chi connectivity index (χ0) is 21.3. The van der Waals surface area contributed by atoms with Crippen molar-refractivity contribution in [2.24, 2.45) is 7.05 Å². The minimum absolute atomic E-state index is 0.0446. The molecule has 9 heteroatoms. The van der Waals surface area contributed by atoms with Crippen molar-refractivity contribution in [3.8, 4) is 5.75 Å². The lowest BCUT2D eigenvalue weighted by atomic mass is 9.95. The lowest BCUT2D eigenvalue weighted by Gasteiger charge is -2.22. The van der Waals surface area contributed by atoms with E-state index in [4.69, 9.17) is 4.74 Å². The normalized spacial score (nSPS) is 14.3. The highest BCUT2D eigenvalue weighted by atomic mass is 32.2. The molecule has 1 fully saturated rings. The summed E-state index contributed by atoms with van der Waals surface area (Å²) in [6.07, 6.45) is 6.36. The van der Waals surface area contributed by atoms with E-state index in [-0.39, 0.29) is 11.8 Å². The van der Waals surface area contributed by atoms with Crippen molar-refractivity contribution in [3.05, 3.63) is 35.7 Å². The molecule has 0 spiro atoms. The molecule has 1 heterocycles. The summed E-state index contributed by atoms with van der Waals surface area (Å²) in [6, 6.07) is 7.28. The summed E-state index contributed by atoms with van der Waals surface area (Å²) >= 11 is 1.38. The van der Waals surface area contributed by atoms with Crippen LogP contribution in [0, 0.1) is 0 Å². The summed E-state index contributed by atoms with van der Waals surface area (Å²) < 4.78 is 6.97. The molecule has 0 bridgehead atoms. The predicted molar refractivity (Wildman–Crippen MR) is 116 cm³/mol. The molecule has 1 aromatic carbocycles. The van der Waals surface area contributed by atoms with Crippen LogP contribution in [0.1, 0.15) is 48.3 Å². The van der Waals surface area contributed by atoms with Crippen LogP contribution in [0.15, 0.2) is 29.4 Å². The molecule has 1 aromatic heterocycles. The van der Waals surface area contributed by atoms with Gasteiger partial charge in [0.1, 0.15) is 11.6 Å². The third kappa shape index (κ3) is 6.22. The third-order valence-electron chi connectivity index (χ3n) is 5.21. The molecule has 1 aliphatic carbocycles. The smallest absolute Gasteiger partial charge is 0.251 e. The van der Waals surface area contributed by atoms with Gasteiger partial charge in [-0.05, 0) is 37.1 Å². The number of nitrogens with one attached hydrogen (secondary N) is 2. The van der Waals surface area contributed by atoms with E-state index in [1.807, 2.05) is 11.6 Å². The van der Waals surface area contributed by atoms with Crippen molar-refractivity contribution in [2.75, 3.05) is 19.4 Å². The van der Waals surface area contributed by atoms with Gasteiger partial charge in [-0.15, -0.1) is 10.2 Å². The maximum absolute atomic E-state index is 12.2. The molecule has 1 aliphatic rings. The van der Waals surface area contributed by atoms with Crippen LogP contribution in [-0.4, -0.2) is 52.0 Å². The Morgan fingerprint density at radius 1 is 1.17 bits per heavy atom. The van der Waals surface area contributed by atoms with Crippen LogP contribution in [0.25, 0.3) is 0 Å². The first-order chi connectivity index (χ1) is 14.6. The Morgan fingerprint density at radius 3 is 2.60 bits per heavy atom. The molecule has 0 radical (unpaired) electrons. The third-order valence-corrected chi connectivity index (χ3v) is 6.23. The number of hydrogen-bond acceptors (Lipinski definition) is 6. The van der Waals surface area contributed by atoms with Gasteiger partial charge in [0.2, 0.25) is 5.91 Å². The van der Waals surface area contributed by atoms with Gasteiger partial charge in [-0.3, -0.25) is 9.59 Å². The van der Waals surface area contributed by atoms with E-state index in [2.05, 4.69) is 20.8 Å². The lowest BCUT2D eigenvalue weighted by molar-refractivity contribution is -0.119. The average Bonchev–Trinajstić information content (AvgIpc) is 3.12. The minimum Gasteiger partial charge on any atom is -0.497 e. The van der Waals surface area contributed by atoms with Gasteiger partial charge in [-0.25, -0.2) is 0 Å². The van der Waals surface area contributed by atoms with Crippen LogP contribution >= 0.6 is 11.8 Å². The number of ether oxygens (including phenoxy) is 1. The summed E-state index contributed by atoms with van der Waals surface area (Å²) in [4.78, 5) is 24.4. The molecule has 1 saturated carbocycles. The highest BCUT2D eigenvalue weighted by Crippen LogP contribution is 2.19. The second-order valence-electron chi connectivity index (χ2n) is 7.38. The van der Waals surface area contributed by atoms with Crippen LogP contribution in [0.4, 0.5) is 0 Å². The molecule has 162 valence electrons. The van der Waals surface area contributed by atoms with Crippen LogP contribution in [0.5, 0.6) is 5.75 Å². The molecule has 8 nitrogen and oxygen atoms in total. The molecular formula is C21H29N5O3S. The molecule has 3 rings (SSSR count). The van der Waals surface area contributed by atoms with Gasteiger partial charge in [0.25, 0.3) is 5.91 Å². The molecular weight excluding hydrogens is 402 g/mol. The number of thioether (sulfide) groups is 1. The Hall–Kier alpha value is -2.55. The molecule has 0 aliphatic heterocycles. The van der Waals surface area contributed by atoms with Gasteiger partial charge in [-0.2, -0.15) is 0 Å². The molecule has 2 amide bonds. The summed E-state index contributed by atoms with van der Waals surface area (Å²) in [5.41, 5.74) is 0.578. The minimum atomic E-state index is -0.145. The van der Waals surface area contributed by atoms with Gasteiger partial charge < -0.3 is 19.9 Å².